The standard InChI is InChI=1S/C19H25N5O.ClH/c1-4-7-14-12-17(24(5-2)6-3)23-19(20-14)21-15-9-8-13-10-18(25)22-16(13)11-15;/h8-9,11-12H,4-7,10H2,1-3H3,(H,22,25)(H,20,21,23);1H. The maximum atomic E-state index is 11.5. The van der Waals surface area contributed by atoms with Gasteiger partial charge in [0.15, 0.2) is 0 Å². The summed E-state index contributed by atoms with van der Waals surface area (Å²) in [6.07, 6.45) is 2.41. The third-order valence-corrected chi connectivity index (χ3v) is 4.35. The Morgan fingerprint density at radius 1 is 1.15 bits per heavy atom. The van der Waals surface area contributed by atoms with E-state index in [9.17, 15) is 4.79 Å². The third-order valence-electron chi connectivity index (χ3n) is 4.35. The summed E-state index contributed by atoms with van der Waals surface area (Å²) in [6, 6.07) is 7.95. The van der Waals surface area contributed by atoms with E-state index < -0.39 is 0 Å². The smallest absolute Gasteiger partial charge is 0.229 e. The first-order valence-electron chi connectivity index (χ1n) is 8.95. The molecule has 3 rings (SSSR count). The van der Waals surface area contributed by atoms with Crippen LogP contribution in [0.4, 0.5) is 23.1 Å². The second kappa shape index (κ2) is 8.85. The van der Waals surface area contributed by atoms with E-state index in [0.29, 0.717) is 12.4 Å². The zero-order chi connectivity index (χ0) is 17.8. The number of amides is 1. The first-order chi connectivity index (χ1) is 12.1. The molecule has 0 radical (unpaired) electrons. The van der Waals surface area contributed by atoms with Crippen molar-refractivity contribution < 1.29 is 4.79 Å². The maximum Gasteiger partial charge on any atom is 0.229 e. The number of rotatable bonds is 7. The number of fused-ring (bicyclic) bond motifs is 1. The quantitative estimate of drug-likeness (QED) is 0.767. The molecular formula is C19H26ClN5O. The number of carbonyl (C=O) groups is 1. The average molecular weight is 376 g/mol. The van der Waals surface area contributed by atoms with Gasteiger partial charge in [0.1, 0.15) is 5.82 Å². The van der Waals surface area contributed by atoms with Crippen LogP contribution in [-0.4, -0.2) is 29.0 Å². The van der Waals surface area contributed by atoms with Gasteiger partial charge in [-0.05, 0) is 38.0 Å². The van der Waals surface area contributed by atoms with Crippen molar-refractivity contribution in [2.24, 2.45) is 0 Å². The molecule has 1 amide bonds. The third kappa shape index (κ3) is 4.43. The summed E-state index contributed by atoms with van der Waals surface area (Å²) in [4.78, 5) is 23.0. The van der Waals surface area contributed by atoms with Crippen molar-refractivity contribution in [1.82, 2.24) is 9.97 Å². The zero-order valence-electron chi connectivity index (χ0n) is 15.5. The Kier molecular flexibility index (Phi) is 6.80. The van der Waals surface area contributed by atoms with E-state index in [-0.39, 0.29) is 18.3 Å². The van der Waals surface area contributed by atoms with Crippen LogP contribution >= 0.6 is 12.4 Å². The Labute approximate surface area is 160 Å². The lowest BCUT2D eigenvalue weighted by Crippen LogP contribution is -2.23. The summed E-state index contributed by atoms with van der Waals surface area (Å²) in [5.41, 5.74) is 3.81. The average Bonchev–Trinajstić information content (AvgIpc) is 2.95. The molecule has 2 N–H and O–H groups in total. The highest BCUT2D eigenvalue weighted by Gasteiger charge is 2.18. The van der Waals surface area contributed by atoms with E-state index in [0.717, 1.165) is 54.4 Å². The zero-order valence-corrected chi connectivity index (χ0v) is 16.3. The Hall–Kier alpha value is -2.34. The highest BCUT2D eigenvalue weighted by Crippen LogP contribution is 2.28. The van der Waals surface area contributed by atoms with Crippen LogP contribution in [0.1, 0.15) is 38.4 Å². The second-order valence-electron chi connectivity index (χ2n) is 6.19. The van der Waals surface area contributed by atoms with Crippen molar-refractivity contribution in [2.75, 3.05) is 28.6 Å². The van der Waals surface area contributed by atoms with Gasteiger partial charge in [-0.1, -0.05) is 19.4 Å². The SMILES string of the molecule is CCCc1cc(N(CC)CC)nc(Nc2ccc3c(c2)NC(=O)C3)n1.Cl. The number of anilines is 4. The molecule has 140 valence electrons. The molecule has 0 bridgehead atoms. The van der Waals surface area contributed by atoms with E-state index in [1.165, 1.54) is 0 Å². The molecule has 6 nitrogen and oxygen atoms in total. The van der Waals surface area contributed by atoms with E-state index in [2.05, 4.69) is 52.3 Å². The minimum Gasteiger partial charge on any atom is -0.357 e. The molecule has 2 aromatic rings. The summed E-state index contributed by atoms with van der Waals surface area (Å²) in [7, 11) is 0. The first kappa shape index (κ1) is 20.0. The highest BCUT2D eigenvalue weighted by molar-refractivity contribution is 5.99. The van der Waals surface area contributed by atoms with Crippen molar-refractivity contribution in [2.45, 2.75) is 40.0 Å². The minimum atomic E-state index is 0. The fourth-order valence-electron chi connectivity index (χ4n) is 3.05. The van der Waals surface area contributed by atoms with Crippen LogP contribution in [0.25, 0.3) is 0 Å². The molecule has 0 saturated carbocycles. The van der Waals surface area contributed by atoms with Gasteiger partial charge in [0, 0.05) is 36.2 Å². The molecule has 26 heavy (non-hydrogen) atoms. The van der Waals surface area contributed by atoms with Gasteiger partial charge in [-0.3, -0.25) is 4.79 Å². The van der Waals surface area contributed by atoms with Gasteiger partial charge in [0.25, 0.3) is 0 Å². The summed E-state index contributed by atoms with van der Waals surface area (Å²) in [5, 5.41) is 6.17. The fourth-order valence-corrected chi connectivity index (χ4v) is 3.05. The summed E-state index contributed by atoms with van der Waals surface area (Å²) in [6.45, 7) is 8.21. The molecule has 0 fully saturated rings. The largest absolute Gasteiger partial charge is 0.357 e. The molecule has 1 aliphatic rings. The Morgan fingerprint density at radius 3 is 2.62 bits per heavy atom. The predicted molar refractivity (Wildman–Crippen MR) is 109 cm³/mol. The van der Waals surface area contributed by atoms with Crippen LogP contribution in [0.15, 0.2) is 24.3 Å². The van der Waals surface area contributed by atoms with Gasteiger partial charge in [-0.15, -0.1) is 12.4 Å². The van der Waals surface area contributed by atoms with E-state index >= 15 is 0 Å². The lowest BCUT2D eigenvalue weighted by Gasteiger charge is -2.21. The number of nitrogens with zero attached hydrogens (tertiary/aromatic N) is 3. The molecule has 0 saturated heterocycles. The van der Waals surface area contributed by atoms with Gasteiger partial charge >= 0.3 is 0 Å². The van der Waals surface area contributed by atoms with E-state index in [4.69, 9.17) is 0 Å². The Balaban J connectivity index is 0.00000243. The molecule has 2 heterocycles. The Morgan fingerprint density at radius 2 is 1.92 bits per heavy atom. The van der Waals surface area contributed by atoms with E-state index in [1.807, 2.05) is 18.2 Å². The van der Waals surface area contributed by atoms with Crippen LogP contribution in [-0.2, 0) is 17.6 Å². The van der Waals surface area contributed by atoms with Crippen molar-refractivity contribution in [3.05, 3.63) is 35.5 Å². The number of nitrogens with one attached hydrogen (secondary N) is 2. The number of aromatic nitrogens is 2. The van der Waals surface area contributed by atoms with Crippen LogP contribution in [0.5, 0.6) is 0 Å². The van der Waals surface area contributed by atoms with Gasteiger partial charge in [-0.25, -0.2) is 4.98 Å². The molecule has 0 aliphatic carbocycles. The monoisotopic (exact) mass is 375 g/mol. The van der Waals surface area contributed by atoms with Crippen molar-refractivity contribution in [3.63, 3.8) is 0 Å². The summed E-state index contributed by atoms with van der Waals surface area (Å²) in [5.74, 6) is 1.58. The normalized spacial score (nSPS) is 12.2. The van der Waals surface area contributed by atoms with Crippen LogP contribution in [0.3, 0.4) is 0 Å². The molecule has 1 aromatic heterocycles. The number of aryl methyl sites for hydroxylation is 1. The maximum absolute atomic E-state index is 11.5. The van der Waals surface area contributed by atoms with Crippen LogP contribution in [0.2, 0.25) is 0 Å². The Bertz CT molecular complexity index is 777. The van der Waals surface area contributed by atoms with Crippen molar-refractivity contribution >= 4 is 41.5 Å². The molecule has 0 spiro atoms. The van der Waals surface area contributed by atoms with Crippen molar-refractivity contribution in [1.29, 1.82) is 0 Å². The molecule has 7 heteroatoms. The summed E-state index contributed by atoms with van der Waals surface area (Å²) < 4.78 is 0. The molecular weight excluding hydrogens is 350 g/mol. The predicted octanol–water partition coefficient (Wildman–Crippen LogP) is 3.94. The fraction of sp³-hybridized carbons (Fsp3) is 0.421. The number of benzene rings is 1. The number of hydrogen-bond donors (Lipinski definition) is 2. The highest BCUT2D eigenvalue weighted by atomic mass is 35.5. The van der Waals surface area contributed by atoms with Crippen molar-refractivity contribution in [3.8, 4) is 0 Å². The molecule has 1 aromatic carbocycles. The van der Waals surface area contributed by atoms with E-state index in [1.54, 1.807) is 0 Å². The van der Waals surface area contributed by atoms with Crippen LogP contribution < -0.4 is 15.5 Å². The van der Waals surface area contributed by atoms with Gasteiger partial charge in [-0.2, -0.15) is 4.98 Å². The number of hydrogen-bond acceptors (Lipinski definition) is 5. The number of carbonyl (C=O) groups excluding carboxylic acids is 1. The van der Waals surface area contributed by atoms with Gasteiger partial charge in [0.05, 0.1) is 6.42 Å². The molecule has 0 atom stereocenters. The lowest BCUT2D eigenvalue weighted by atomic mass is 10.1. The van der Waals surface area contributed by atoms with Gasteiger partial charge < -0.3 is 15.5 Å². The molecule has 0 unspecified atom stereocenters. The summed E-state index contributed by atoms with van der Waals surface area (Å²) >= 11 is 0. The number of halogens is 1. The van der Waals surface area contributed by atoms with Crippen LogP contribution in [0, 0.1) is 0 Å². The topological polar surface area (TPSA) is 70.2 Å². The minimum absolute atomic E-state index is 0. The molecule has 1 aliphatic heterocycles. The lowest BCUT2D eigenvalue weighted by molar-refractivity contribution is -0.115. The first-order valence-corrected chi connectivity index (χ1v) is 8.95. The van der Waals surface area contributed by atoms with Gasteiger partial charge in [0.2, 0.25) is 11.9 Å². The second-order valence-corrected chi connectivity index (χ2v) is 6.19.